The van der Waals surface area contributed by atoms with Crippen LogP contribution in [0.5, 0.6) is 0 Å². The number of nitrogens with one attached hydrogen (secondary N) is 1. The summed E-state index contributed by atoms with van der Waals surface area (Å²) in [7, 11) is 1.26. The van der Waals surface area contributed by atoms with Gasteiger partial charge in [0.2, 0.25) is 5.91 Å². The molecule has 0 aromatic rings. The van der Waals surface area contributed by atoms with Crippen molar-refractivity contribution in [2.45, 2.75) is 411 Å². The minimum atomic E-state index is -4.61. The maximum atomic E-state index is 13.1. The van der Waals surface area contributed by atoms with E-state index in [-0.39, 0.29) is 19.1 Å². The lowest BCUT2D eigenvalue weighted by Gasteiger charge is -2.29. The molecule has 510 valence electrons. The van der Waals surface area contributed by atoms with Crippen molar-refractivity contribution in [1.82, 2.24) is 5.32 Å². The predicted molar refractivity (Wildman–Crippen MR) is 376 cm³/mol. The highest BCUT2D eigenvalue weighted by Gasteiger charge is 2.23. The lowest BCUT2D eigenvalue weighted by atomic mass is 10.0. The van der Waals surface area contributed by atoms with Crippen molar-refractivity contribution in [3.63, 3.8) is 0 Å². The van der Waals surface area contributed by atoms with Crippen LogP contribution < -0.4 is 10.2 Å². The number of likely N-dealkylation sites (N-methyl/N-ethyl adjacent to an activating group) is 1. The van der Waals surface area contributed by atoms with Crippen molar-refractivity contribution in [2.24, 2.45) is 0 Å². The van der Waals surface area contributed by atoms with Gasteiger partial charge in [0.15, 0.2) is 0 Å². The number of phosphoric acid groups is 1. The Balaban J connectivity index is 3.98. The molecule has 0 aliphatic heterocycles. The molecule has 0 saturated carbocycles. The highest BCUT2D eigenvalue weighted by atomic mass is 31.2. The summed E-state index contributed by atoms with van der Waals surface area (Å²) in [4.78, 5) is 25.7. The second kappa shape index (κ2) is 68.1. The summed E-state index contributed by atoms with van der Waals surface area (Å²) < 4.78 is 23.5. The molecule has 1 amide bonds. The molecule has 0 heterocycles. The maximum Gasteiger partial charge on any atom is 0.268 e. The number of nitrogens with zero attached hydrogens (tertiary/aromatic N) is 1. The number of hydrogen-bond acceptors (Lipinski definition) is 6. The molecule has 8 nitrogen and oxygen atoms in total. The van der Waals surface area contributed by atoms with Gasteiger partial charge in [-0.1, -0.05) is 371 Å². The second-order valence-electron chi connectivity index (χ2n) is 27.7. The molecule has 3 atom stereocenters. The Bertz CT molecular complexity index is 1500. The first-order valence-electron chi connectivity index (χ1n) is 38.4. The van der Waals surface area contributed by atoms with Crippen LogP contribution in [-0.2, 0) is 18.4 Å². The molecule has 0 bridgehead atoms. The van der Waals surface area contributed by atoms with Crippen molar-refractivity contribution < 1.29 is 32.9 Å². The van der Waals surface area contributed by atoms with Crippen LogP contribution in [0.25, 0.3) is 0 Å². The van der Waals surface area contributed by atoms with Gasteiger partial charge in [-0.25, -0.2) is 0 Å². The number of carbonyl (C=O) groups is 1. The normalized spacial score (nSPS) is 13.7. The standard InChI is InChI=1S/C77H151N2O6P/c1-6-8-10-12-14-16-18-20-22-24-26-28-30-32-34-35-36-37-38-39-40-41-42-43-45-47-49-51-53-55-57-59-61-63-65-67-69-71-77(81)78-75(74-85-86(82,83)84-73-72-79(3,4)5)76(80)70-68-66-64-62-60-58-56-54-52-50-48-46-44-33-31-29-27-25-23-21-19-17-15-13-11-9-7-2/h24,26,60,62,68,70,75-76,80H,6-23,25,27-59,61,63-67,69,71-74H2,1-5H3,(H-,78,81,82,83)/b26-24-,62-60+,70-68+. The van der Waals surface area contributed by atoms with Crippen molar-refractivity contribution in [1.29, 1.82) is 0 Å². The van der Waals surface area contributed by atoms with Crippen LogP contribution in [0.1, 0.15) is 399 Å². The molecule has 0 rings (SSSR count). The molecule has 0 aromatic heterocycles. The summed E-state index contributed by atoms with van der Waals surface area (Å²) in [6, 6.07) is -0.903. The first-order valence-corrected chi connectivity index (χ1v) is 39.8. The largest absolute Gasteiger partial charge is 0.756 e. The second-order valence-corrected chi connectivity index (χ2v) is 29.1. The Morgan fingerprint density at radius 2 is 0.651 bits per heavy atom. The van der Waals surface area contributed by atoms with Gasteiger partial charge in [0.05, 0.1) is 39.9 Å². The van der Waals surface area contributed by atoms with Crippen LogP contribution >= 0.6 is 7.82 Å². The average Bonchev–Trinajstić information content (AvgIpc) is 3.70. The van der Waals surface area contributed by atoms with E-state index in [1.54, 1.807) is 6.08 Å². The molecule has 86 heavy (non-hydrogen) atoms. The summed E-state index contributed by atoms with van der Waals surface area (Å²) in [6.45, 7) is 4.69. The SMILES string of the molecule is CCCCCCCCCC/C=C\CCCCCCCCCCCCCCCCCCCCCCCCCCCC(=O)NC(COP(=O)([O-])OCC[N+](C)(C)C)C(O)/C=C/CC/C=C/CCCCCCCCCCCCCCCCCCCCCCC. The van der Waals surface area contributed by atoms with Gasteiger partial charge >= 0.3 is 0 Å². The fourth-order valence-electron chi connectivity index (χ4n) is 11.9. The molecule has 0 aliphatic rings. The third-order valence-electron chi connectivity index (χ3n) is 17.8. The molecule has 9 heteroatoms. The van der Waals surface area contributed by atoms with Crippen LogP contribution in [0.4, 0.5) is 0 Å². The zero-order valence-corrected chi connectivity index (χ0v) is 59.4. The smallest absolute Gasteiger partial charge is 0.268 e. The van der Waals surface area contributed by atoms with E-state index >= 15 is 0 Å². The molecular weight excluding hydrogens is 1080 g/mol. The quantitative estimate of drug-likeness (QED) is 0.0272. The molecule has 0 aliphatic carbocycles. The number of rotatable bonds is 72. The summed E-state index contributed by atoms with van der Waals surface area (Å²) in [5, 5.41) is 14.0. The summed E-state index contributed by atoms with van der Waals surface area (Å²) in [6.07, 6.45) is 91.7. The van der Waals surface area contributed by atoms with E-state index in [1.807, 2.05) is 27.2 Å². The summed E-state index contributed by atoms with van der Waals surface area (Å²) >= 11 is 0. The highest BCUT2D eigenvalue weighted by Crippen LogP contribution is 2.38. The molecule has 0 saturated heterocycles. The highest BCUT2D eigenvalue weighted by molar-refractivity contribution is 7.45. The van der Waals surface area contributed by atoms with E-state index in [2.05, 4.69) is 43.5 Å². The number of hydrogen-bond donors (Lipinski definition) is 2. The number of allylic oxidation sites excluding steroid dienone is 5. The minimum Gasteiger partial charge on any atom is -0.756 e. The van der Waals surface area contributed by atoms with E-state index in [4.69, 9.17) is 9.05 Å². The van der Waals surface area contributed by atoms with Gasteiger partial charge in [-0.15, -0.1) is 0 Å². The Hall–Kier alpha value is -1.28. The minimum absolute atomic E-state index is 0.00406. The van der Waals surface area contributed by atoms with Crippen molar-refractivity contribution in [2.75, 3.05) is 40.9 Å². The van der Waals surface area contributed by atoms with Crippen LogP contribution in [0.2, 0.25) is 0 Å². The van der Waals surface area contributed by atoms with Crippen LogP contribution in [0.15, 0.2) is 36.5 Å². The Morgan fingerprint density at radius 1 is 0.395 bits per heavy atom. The van der Waals surface area contributed by atoms with Gasteiger partial charge < -0.3 is 28.8 Å². The van der Waals surface area contributed by atoms with Gasteiger partial charge in [-0.05, 0) is 57.8 Å². The van der Waals surface area contributed by atoms with Crippen molar-refractivity contribution >= 4 is 13.7 Å². The predicted octanol–water partition coefficient (Wildman–Crippen LogP) is 24.2. The number of phosphoric ester groups is 1. The maximum absolute atomic E-state index is 13.1. The number of amides is 1. The molecule has 0 aromatic carbocycles. The van der Waals surface area contributed by atoms with E-state index < -0.39 is 20.0 Å². The Morgan fingerprint density at radius 3 is 0.942 bits per heavy atom. The Labute approximate surface area is 537 Å². The Kier molecular flexibility index (Phi) is 67.1. The van der Waals surface area contributed by atoms with Gasteiger partial charge in [0.1, 0.15) is 13.2 Å². The van der Waals surface area contributed by atoms with E-state index in [0.29, 0.717) is 17.4 Å². The fourth-order valence-corrected chi connectivity index (χ4v) is 12.6. The zero-order valence-electron chi connectivity index (χ0n) is 58.5. The van der Waals surface area contributed by atoms with E-state index in [0.717, 1.165) is 38.5 Å². The molecule has 0 radical (unpaired) electrons. The lowest BCUT2D eigenvalue weighted by molar-refractivity contribution is -0.870. The van der Waals surface area contributed by atoms with Gasteiger partial charge in [0.25, 0.3) is 7.82 Å². The number of unbranched alkanes of at least 4 members (excludes halogenated alkanes) is 55. The van der Waals surface area contributed by atoms with Gasteiger partial charge in [-0.2, -0.15) is 0 Å². The van der Waals surface area contributed by atoms with Crippen molar-refractivity contribution in [3.05, 3.63) is 36.5 Å². The first-order chi connectivity index (χ1) is 42.0. The molecule has 0 spiro atoms. The number of aliphatic hydroxyl groups excluding tert-OH is 1. The number of carbonyl (C=O) groups excluding carboxylic acids is 1. The first kappa shape index (κ1) is 84.7. The topological polar surface area (TPSA) is 108 Å². The van der Waals surface area contributed by atoms with Gasteiger partial charge in [-0.3, -0.25) is 9.36 Å². The average molecular weight is 1230 g/mol. The van der Waals surface area contributed by atoms with Crippen LogP contribution in [-0.4, -0.2) is 68.5 Å². The molecular formula is C77H151N2O6P. The third-order valence-corrected chi connectivity index (χ3v) is 18.8. The monoisotopic (exact) mass is 1230 g/mol. The van der Waals surface area contributed by atoms with E-state index in [9.17, 15) is 19.4 Å². The fraction of sp³-hybridized carbons (Fsp3) is 0.909. The van der Waals surface area contributed by atoms with Crippen LogP contribution in [0, 0.1) is 0 Å². The zero-order chi connectivity index (χ0) is 62.6. The third kappa shape index (κ3) is 70.2. The molecule has 3 unspecified atom stereocenters. The molecule has 0 fully saturated rings. The number of aliphatic hydroxyl groups is 1. The summed E-state index contributed by atoms with van der Waals surface area (Å²) in [5.41, 5.74) is 0. The lowest BCUT2D eigenvalue weighted by Crippen LogP contribution is -2.45. The number of quaternary nitrogens is 1. The van der Waals surface area contributed by atoms with Gasteiger partial charge in [0, 0.05) is 6.42 Å². The van der Waals surface area contributed by atoms with Crippen LogP contribution in [0.3, 0.4) is 0 Å². The van der Waals surface area contributed by atoms with E-state index in [1.165, 1.54) is 340 Å². The summed E-state index contributed by atoms with van der Waals surface area (Å²) in [5.74, 6) is -0.198. The molecule has 2 N–H and O–H groups in total. The van der Waals surface area contributed by atoms with Crippen molar-refractivity contribution in [3.8, 4) is 0 Å².